The van der Waals surface area contributed by atoms with Gasteiger partial charge >= 0.3 is 0 Å². The second-order valence-electron chi connectivity index (χ2n) is 8.29. The molecule has 6 nitrogen and oxygen atoms in total. The molecule has 2 heterocycles. The van der Waals surface area contributed by atoms with Gasteiger partial charge in [0.15, 0.2) is 0 Å². The van der Waals surface area contributed by atoms with Crippen LogP contribution in [0.4, 0.5) is 5.69 Å². The summed E-state index contributed by atoms with van der Waals surface area (Å²) in [7, 11) is 3.35. The number of aliphatic hydroxyl groups excluding tert-OH is 1. The summed E-state index contributed by atoms with van der Waals surface area (Å²) in [5.41, 5.74) is -0.129. The number of carbonyl (C=O) groups is 2. The van der Waals surface area contributed by atoms with Crippen LogP contribution in [0.1, 0.15) is 5.56 Å². The summed E-state index contributed by atoms with van der Waals surface area (Å²) >= 11 is 0. The van der Waals surface area contributed by atoms with E-state index in [0.717, 1.165) is 11.3 Å². The summed E-state index contributed by atoms with van der Waals surface area (Å²) in [4.78, 5) is 30.6. The molecule has 1 saturated carbocycles. The van der Waals surface area contributed by atoms with Gasteiger partial charge in [-0.1, -0.05) is 36.4 Å². The van der Waals surface area contributed by atoms with Crippen molar-refractivity contribution in [3.8, 4) is 0 Å². The van der Waals surface area contributed by atoms with E-state index in [4.69, 9.17) is 4.74 Å². The van der Waals surface area contributed by atoms with Gasteiger partial charge in [0.05, 0.1) is 11.1 Å². The number of hydrogen-bond donors (Lipinski definition) is 1. The topological polar surface area (TPSA) is 70.1 Å². The lowest BCUT2D eigenvalue weighted by molar-refractivity contribution is -0.141. The summed E-state index contributed by atoms with van der Waals surface area (Å²) < 4.78 is 5.32. The van der Waals surface area contributed by atoms with E-state index in [2.05, 4.69) is 6.58 Å². The van der Waals surface area contributed by atoms with Crippen LogP contribution < -0.4 is 4.90 Å². The van der Waals surface area contributed by atoms with Crippen LogP contribution in [0.5, 0.6) is 0 Å². The number of nitrogens with zero attached hydrogens (tertiary/aromatic N) is 2. The Kier molecular flexibility index (Phi) is 3.50. The van der Waals surface area contributed by atoms with Crippen molar-refractivity contribution in [3.63, 3.8) is 0 Å². The molecule has 2 amide bonds. The Morgan fingerprint density at radius 1 is 1.29 bits per heavy atom. The largest absolute Gasteiger partial charge is 0.396 e. The first-order valence-corrected chi connectivity index (χ1v) is 9.62. The number of amides is 2. The second kappa shape index (κ2) is 5.55. The summed E-state index contributed by atoms with van der Waals surface area (Å²) in [5.74, 6) is -0.647. The SMILES string of the molecule is C=C[C@@]12C(=O)N(C)[C@@H]3[C@@H](CO)[C@H]1C=CC1(C(=O)N(COC)c4ccccc41)[C@@H]32. The number of para-hydroxylation sites is 1. The average Bonchev–Trinajstić information content (AvgIpc) is 3.17. The van der Waals surface area contributed by atoms with Crippen LogP contribution in [0.2, 0.25) is 0 Å². The van der Waals surface area contributed by atoms with Crippen molar-refractivity contribution in [2.45, 2.75) is 11.5 Å². The summed E-state index contributed by atoms with van der Waals surface area (Å²) in [6.45, 7) is 4.15. The highest BCUT2D eigenvalue weighted by Crippen LogP contribution is 2.70. The number of fused-ring (bicyclic) bond motifs is 2. The van der Waals surface area contributed by atoms with Crippen LogP contribution in [-0.2, 0) is 19.7 Å². The Bertz CT molecular complexity index is 927. The van der Waals surface area contributed by atoms with Gasteiger partial charge in [0.25, 0.3) is 0 Å². The molecule has 6 atom stereocenters. The molecule has 0 radical (unpaired) electrons. The fraction of sp³-hybridized carbons (Fsp3) is 0.455. The molecule has 146 valence electrons. The van der Waals surface area contributed by atoms with Crippen molar-refractivity contribution in [2.24, 2.45) is 23.2 Å². The van der Waals surface area contributed by atoms with Crippen molar-refractivity contribution in [3.05, 3.63) is 54.6 Å². The van der Waals surface area contributed by atoms with Gasteiger partial charge in [0.1, 0.15) is 12.1 Å². The molecule has 4 aliphatic rings. The highest BCUT2D eigenvalue weighted by Gasteiger charge is 2.78. The van der Waals surface area contributed by atoms with Gasteiger partial charge < -0.3 is 14.7 Å². The molecule has 1 spiro atoms. The molecular formula is C22H24N2O4. The highest BCUT2D eigenvalue weighted by atomic mass is 16.5. The quantitative estimate of drug-likeness (QED) is 0.800. The van der Waals surface area contributed by atoms with Gasteiger partial charge in [-0.05, 0) is 11.6 Å². The number of allylic oxidation sites excluding steroid dienone is 1. The van der Waals surface area contributed by atoms with Gasteiger partial charge in [-0.3, -0.25) is 14.5 Å². The average molecular weight is 380 g/mol. The third kappa shape index (κ3) is 1.60. The van der Waals surface area contributed by atoms with Gasteiger partial charge in [-0.2, -0.15) is 0 Å². The van der Waals surface area contributed by atoms with Crippen LogP contribution in [0, 0.1) is 23.2 Å². The molecule has 2 fully saturated rings. The first-order chi connectivity index (χ1) is 13.5. The molecule has 4 bridgehead atoms. The Labute approximate surface area is 164 Å². The first-order valence-electron chi connectivity index (χ1n) is 9.62. The number of likely N-dealkylation sites (tertiary alicyclic amines) is 1. The van der Waals surface area contributed by atoms with E-state index in [-0.39, 0.29) is 48.9 Å². The summed E-state index contributed by atoms with van der Waals surface area (Å²) in [6.07, 6.45) is 5.70. The van der Waals surface area contributed by atoms with E-state index in [0.29, 0.717) is 0 Å². The predicted molar refractivity (Wildman–Crippen MR) is 103 cm³/mol. The standard InChI is InChI=1S/C22H24N2O4/c1-4-21-14-9-10-22(18(21)17(13(14)11-25)23(2)19(21)26)15-7-5-6-8-16(15)24(12-28-3)20(22)27/h4-10,13-14,17-18,25H,1,11-12H2,2-3H3/t13-,14+,17+,18-,21+,22?/m0/s1. The number of carbonyl (C=O) groups excluding carboxylic acids is 2. The van der Waals surface area contributed by atoms with E-state index in [1.807, 2.05) is 36.4 Å². The van der Waals surface area contributed by atoms with Crippen molar-refractivity contribution in [1.29, 1.82) is 0 Å². The number of methoxy groups -OCH3 is 1. The smallest absolute Gasteiger partial charge is 0.243 e. The van der Waals surface area contributed by atoms with E-state index >= 15 is 0 Å². The van der Waals surface area contributed by atoms with Crippen LogP contribution in [0.15, 0.2) is 49.1 Å². The fourth-order valence-electron chi connectivity index (χ4n) is 6.64. The number of piperidine rings is 1. The normalized spacial score (nSPS) is 40.0. The van der Waals surface area contributed by atoms with Crippen LogP contribution >= 0.6 is 0 Å². The van der Waals surface area contributed by atoms with Crippen LogP contribution in [-0.4, -0.2) is 55.4 Å². The zero-order valence-electron chi connectivity index (χ0n) is 16.0. The highest BCUT2D eigenvalue weighted by molar-refractivity contribution is 6.11. The van der Waals surface area contributed by atoms with Crippen LogP contribution in [0.25, 0.3) is 0 Å². The zero-order valence-corrected chi connectivity index (χ0v) is 16.0. The maximum Gasteiger partial charge on any atom is 0.243 e. The molecule has 1 aromatic rings. The minimum absolute atomic E-state index is 0.00797. The van der Waals surface area contributed by atoms with Crippen molar-refractivity contribution >= 4 is 17.5 Å². The first kappa shape index (κ1) is 17.6. The Balaban J connectivity index is 1.80. The third-order valence-electron chi connectivity index (χ3n) is 7.55. The Morgan fingerprint density at radius 2 is 2.04 bits per heavy atom. The number of rotatable bonds is 4. The van der Waals surface area contributed by atoms with Gasteiger partial charge in [0, 0.05) is 44.6 Å². The predicted octanol–water partition coefficient (Wildman–Crippen LogP) is 1.31. The van der Waals surface area contributed by atoms with Crippen LogP contribution in [0.3, 0.4) is 0 Å². The van der Waals surface area contributed by atoms with E-state index < -0.39 is 10.8 Å². The number of benzene rings is 1. The van der Waals surface area contributed by atoms with E-state index in [1.54, 1.807) is 30.0 Å². The summed E-state index contributed by atoms with van der Waals surface area (Å²) in [6, 6.07) is 7.50. The molecule has 2 aliphatic carbocycles. The maximum atomic E-state index is 13.9. The van der Waals surface area contributed by atoms with Gasteiger partial charge in [-0.25, -0.2) is 0 Å². The van der Waals surface area contributed by atoms with Crippen molar-refractivity contribution in [2.75, 3.05) is 32.4 Å². The summed E-state index contributed by atoms with van der Waals surface area (Å²) in [5, 5.41) is 10.2. The molecular weight excluding hydrogens is 356 g/mol. The lowest BCUT2D eigenvalue weighted by Gasteiger charge is -2.43. The molecule has 0 aromatic heterocycles. The van der Waals surface area contributed by atoms with Crippen molar-refractivity contribution < 1.29 is 19.4 Å². The molecule has 1 unspecified atom stereocenters. The monoisotopic (exact) mass is 380 g/mol. The van der Waals surface area contributed by atoms with Gasteiger partial charge in [-0.15, -0.1) is 6.58 Å². The third-order valence-corrected chi connectivity index (χ3v) is 7.55. The molecule has 1 saturated heterocycles. The number of aliphatic hydroxyl groups is 1. The van der Waals surface area contributed by atoms with E-state index in [9.17, 15) is 14.7 Å². The van der Waals surface area contributed by atoms with E-state index in [1.165, 1.54) is 0 Å². The lowest BCUT2D eigenvalue weighted by atomic mass is 9.56. The van der Waals surface area contributed by atoms with Crippen molar-refractivity contribution in [1.82, 2.24) is 4.90 Å². The number of anilines is 1. The molecule has 5 rings (SSSR count). The maximum absolute atomic E-state index is 13.9. The minimum Gasteiger partial charge on any atom is -0.396 e. The zero-order chi connectivity index (χ0) is 19.8. The Hall–Kier alpha value is -2.44. The van der Waals surface area contributed by atoms with Gasteiger partial charge in [0.2, 0.25) is 11.8 Å². The minimum atomic E-state index is -0.963. The molecule has 2 aliphatic heterocycles. The molecule has 6 heteroatoms. The molecule has 28 heavy (non-hydrogen) atoms. The lowest BCUT2D eigenvalue weighted by Crippen LogP contribution is -2.53. The molecule has 1 N–H and O–H groups in total. The second-order valence-corrected chi connectivity index (χ2v) is 8.29. The number of hydrogen-bond acceptors (Lipinski definition) is 4. The number of ether oxygens (including phenoxy) is 1. The fourth-order valence-corrected chi connectivity index (χ4v) is 6.64. The molecule has 1 aromatic carbocycles. The Morgan fingerprint density at radius 3 is 2.71 bits per heavy atom.